The zero-order chi connectivity index (χ0) is 10.3. The number of phenols is 2. The Balaban J connectivity index is 2.33. The molecule has 0 radical (unpaired) electrons. The van der Waals surface area contributed by atoms with Crippen molar-refractivity contribution < 1.29 is 15.3 Å². The molecule has 1 saturated carbocycles. The third-order valence-corrected chi connectivity index (χ3v) is 2.72. The van der Waals surface area contributed by atoms with Crippen molar-refractivity contribution in [2.45, 2.75) is 24.5 Å². The van der Waals surface area contributed by atoms with Gasteiger partial charge in [-0.05, 0) is 25.0 Å². The minimum absolute atomic E-state index is 0.00900. The van der Waals surface area contributed by atoms with Crippen LogP contribution in [-0.4, -0.2) is 21.4 Å². The van der Waals surface area contributed by atoms with Crippen LogP contribution in [0.5, 0.6) is 11.5 Å². The van der Waals surface area contributed by atoms with E-state index in [4.69, 9.17) is 10.8 Å². The molecule has 14 heavy (non-hydrogen) atoms. The predicted molar refractivity (Wildman–Crippen MR) is 50.9 cm³/mol. The molecule has 0 heterocycles. The van der Waals surface area contributed by atoms with Gasteiger partial charge in [0.15, 0.2) is 0 Å². The number of hydrogen-bond acceptors (Lipinski definition) is 4. The van der Waals surface area contributed by atoms with Gasteiger partial charge in [0.05, 0.1) is 6.10 Å². The number of aliphatic hydroxyl groups is 1. The summed E-state index contributed by atoms with van der Waals surface area (Å²) in [4.78, 5) is 0. The Morgan fingerprint density at radius 1 is 1.29 bits per heavy atom. The van der Waals surface area contributed by atoms with Gasteiger partial charge in [0.1, 0.15) is 11.5 Å². The van der Waals surface area contributed by atoms with Gasteiger partial charge >= 0.3 is 0 Å². The summed E-state index contributed by atoms with van der Waals surface area (Å²) in [5.41, 5.74) is 5.91. The maximum absolute atomic E-state index is 9.56. The Bertz CT molecular complexity index is 358. The first-order valence-corrected chi connectivity index (χ1v) is 4.51. The molecule has 1 aromatic carbocycles. The van der Waals surface area contributed by atoms with E-state index in [1.807, 2.05) is 0 Å². The van der Waals surface area contributed by atoms with Crippen molar-refractivity contribution >= 4 is 0 Å². The van der Waals surface area contributed by atoms with Crippen LogP contribution in [0.4, 0.5) is 0 Å². The van der Waals surface area contributed by atoms with Crippen molar-refractivity contribution in [3.05, 3.63) is 23.8 Å². The van der Waals surface area contributed by atoms with Crippen LogP contribution in [0.1, 0.15) is 18.4 Å². The molecule has 5 N–H and O–H groups in total. The maximum Gasteiger partial charge on any atom is 0.124 e. The molecular formula is C10H13NO3. The Kier molecular flexibility index (Phi) is 1.90. The number of rotatable bonds is 1. The molecule has 1 aliphatic rings. The molecule has 2 rings (SSSR count). The lowest BCUT2D eigenvalue weighted by atomic mass is 9.70. The largest absolute Gasteiger partial charge is 0.508 e. The average Bonchev–Trinajstić information content (AvgIpc) is 2.00. The monoisotopic (exact) mass is 195 g/mol. The molecule has 1 aliphatic carbocycles. The van der Waals surface area contributed by atoms with Gasteiger partial charge in [0.25, 0.3) is 0 Å². The summed E-state index contributed by atoms with van der Waals surface area (Å²) < 4.78 is 0. The topological polar surface area (TPSA) is 86.7 Å². The van der Waals surface area contributed by atoms with E-state index in [1.54, 1.807) is 6.07 Å². The summed E-state index contributed by atoms with van der Waals surface area (Å²) in [6.45, 7) is 0. The predicted octanol–water partition coefficient (Wildman–Crippen LogP) is 0.407. The molecule has 0 amide bonds. The number of aromatic hydroxyl groups is 2. The second kappa shape index (κ2) is 2.87. The van der Waals surface area contributed by atoms with Crippen molar-refractivity contribution in [2.24, 2.45) is 5.73 Å². The van der Waals surface area contributed by atoms with Crippen molar-refractivity contribution in [3.63, 3.8) is 0 Å². The summed E-state index contributed by atoms with van der Waals surface area (Å²) in [6.07, 6.45) is 0.518. The van der Waals surface area contributed by atoms with Crippen LogP contribution in [0.25, 0.3) is 0 Å². The molecule has 4 heteroatoms. The molecule has 0 unspecified atom stereocenters. The molecule has 76 valence electrons. The van der Waals surface area contributed by atoms with E-state index in [0.717, 1.165) is 0 Å². The van der Waals surface area contributed by atoms with Crippen molar-refractivity contribution in [2.75, 3.05) is 0 Å². The van der Waals surface area contributed by atoms with E-state index in [-0.39, 0.29) is 17.6 Å². The number of phenolic OH excluding ortho intramolecular Hbond substituents is 2. The average molecular weight is 195 g/mol. The fraction of sp³-hybridized carbons (Fsp3) is 0.400. The van der Waals surface area contributed by atoms with Crippen molar-refractivity contribution in [3.8, 4) is 11.5 Å². The highest BCUT2D eigenvalue weighted by Crippen LogP contribution is 2.43. The molecule has 1 aromatic rings. The normalized spacial score (nSPS) is 31.1. The first-order chi connectivity index (χ1) is 6.51. The molecule has 4 nitrogen and oxygen atoms in total. The second-order valence-electron chi connectivity index (χ2n) is 3.92. The van der Waals surface area contributed by atoms with Gasteiger partial charge in [0, 0.05) is 17.2 Å². The molecule has 1 fully saturated rings. The number of nitrogens with two attached hydrogens (primary N) is 1. The summed E-state index contributed by atoms with van der Waals surface area (Å²) in [5, 5.41) is 27.8. The van der Waals surface area contributed by atoms with Crippen molar-refractivity contribution in [1.29, 1.82) is 0 Å². The van der Waals surface area contributed by atoms with Crippen LogP contribution in [0.15, 0.2) is 18.2 Å². The highest BCUT2D eigenvalue weighted by Gasteiger charge is 2.42. The molecular weight excluding hydrogens is 182 g/mol. The van der Waals surface area contributed by atoms with Gasteiger partial charge in [0.2, 0.25) is 0 Å². The highest BCUT2D eigenvalue weighted by molar-refractivity contribution is 5.44. The fourth-order valence-electron chi connectivity index (χ4n) is 1.94. The summed E-state index contributed by atoms with van der Waals surface area (Å²) in [5.74, 6) is -0.00544. The summed E-state index contributed by atoms with van der Waals surface area (Å²) in [7, 11) is 0. The first kappa shape index (κ1) is 9.30. The van der Waals surface area contributed by atoms with E-state index in [0.29, 0.717) is 18.4 Å². The molecule has 0 spiro atoms. The third kappa shape index (κ3) is 1.32. The number of hydrogen-bond donors (Lipinski definition) is 4. The van der Waals surface area contributed by atoms with E-state index in [1.165, 1.54) is 12.1 Å². The minimum atomic E-state index is -0.642. The standard InChI is InChI=1S/C10H13NO3/c11-10(4-7(13)5-10)8-2-1-6(12)3-9(8)14/h1-3,7,12-14H,4-5,11H2. The van der Waals surface area contributed by atoms with Gasteiger partial charge in [-0.1, -0.05) is 0 Å². The Morgan fingerprint density at radius 3 is 2.43 bits per heavy atom. The zero-order valence-electron chi connectivity index (χ0n) is 7.64. The quantitative estimate of drug-likeness (QED) is 0.522. The number of benzene rings is 1. The van der Waals surface area contributed by atoms with Crippen LogP contribution < -0.4 is 5.73 Å². The van der Waals surface area contributed by atoms with E-state index < -0.39 is 5.54 Å². The summed E-state index contributed by atoms with van der Waals surface area (Å²) in [6, 6.07) is 4.33. The van der Waals surface area contributed by atoms with Crippen LogP contribution in [0.2, 0.25) is 0 Å². The lowest BCUT2D eigenvalue weighted by Crippen LogP contribution is -2.51. The second-order valence-corrected chi connectivity index (χ2v) is 3.92. The van der Waals surface area contributed by atoms with Gasteiger partial charge in [-0.3, -0.25) is 0 Å². The first-order valence-electron chi connectivity index (χ1n) is 4.51. The van der Waals surface area contributed by atoms with Crippen LogP contribution in [-0.2, 0) is 5.54 Å². The lowest BCUT2D eigenvalue weighted by molar-refractivity contribution is 0.0199. The van der Waals surface area contributed by atoms with Gasteiger partial charge < -0.3 is 21.1 Å². The zero-order valence-corrected chi connectivity index (χ0v) is 7.64. The number of aliphatic hydroxyl groups excluding tert-OH is 1. The van der Waals surface area contributed by atoms with E-state index in [2.05, 4.69) is 0 Å². The van der Waals surface area contributed by atoms with E-state index in [9.17, 15) is 10.2 Å². The van der Waals surface area contributed by atoms with Crippen LogP contribution in [0, 0.1) is 0 Å². The molecule has 0 aliphatic heterocycles. The Labute approximate surface area is 81.6 Å². The van der Waals surface area contributed by atoms with Crippen LogP contribution in [0.3, 0.4) is 0 Å². The molecule has 0 bridgehead atoms. The minimum Gasteiger partial charge on any atom is -0.508 e. The SMILES string of the molecule is NC1(c2ccc(O)cc2O)CC(O)C1. The molecule has 0 atom stereocenters. The fourth-order valence-corrected chi connectivity index (χ4v) is 1.94. The third-order valence-electron chi connectivity index (χ3n) is 2.72. The van der Waals surface area contributed by atoms with Crippen LogP contribution >= 0.6 is 0 Å². The maximum atomic E-state index is 9.56. The van der Waals surface area contributed by atoms with E-state index >= 15 is 0 Å². The highest BCUT2D eigenvalue weighted by atomic mass is 16.3. The Morgan fingerprint density at radius 2 is 1.93 bits per heavy atom. The molecule has 0 saturated heterocycles. The Hall–Kier alpha value is -1.26. The smallest absolute Gasteiger partial charge is 0.124 e. The van der Waals surface area contributed by atoms with Gasteiger partial charge in [-0.2, -0.15) is 0 Å². The lowest BCUT2D eigenvalue weighted by Gasteiger charge is -2.42. The van der Waals surface area contributed by atoms with Crippen molar-refractivity contribution in [1.82, 2.24) is 0 Å². The summed E-state index contributed by atoms with van der Waals surface area (Å²) >= 11 is 0. The molecule has 0 aromatic heterocycles. The van der Waals surface area contributed by atoms with Gasteiger partial charge in [-0.25, -0.2) is 0 Å². The van der Waals surface area contributed by atoms with Gasteiger partial charge in [-0.15, -0.1) is 0 Å².